The second-order valence-corrected chi connectivity index (χ2v) is 3.76. The van der Waals surface area contributed by atoms with Crippen LogP contribution in [0, 0.1) is 5.82 Å². The quantitative estimate of drug-likeness (QED) is 0.777. The summed E-state index contributed by atoms with van der Waals surface area (Å²) in [5, 5.41) is 11.5. The van der Waals surface area contributed by atoms with Gasteiger partial charge in [-0.25, -0.2) is 13.2 Å². The van der Waals surface area contributed by atoms with Gasteiger partial charge in [-0.2, -0.15) is 8.78 Å². The van der Waals surface area contributed by atoms with Crippen LogP contribution in [0.3, 0.4) is 0 Å². The molecular formula is C11H12F5NO. The first kappa shape index (κ1) is 14.8. The molecule has 2 nitrogen and oxygen atoms in total. The van der Waals surface area contributed by atoms with Crippen molar-refractivity contribution in [3.05, 3.63) is 35.6 Å². The minimum Gasteiger partial charge on any atom is -0.387 e. The highest BCUT2D eigenvalue weighted by molar-refractivity contribution is 5.18. The monoisotopic (exact) mass is 269 g/mol. The van der Waals surface area contributed by atoms with Crippen LogP contribution in [0.25, 0.3) is 0 Å². The Kier molecular flexibility index (Phi) is 5.03. The van der Waals surface area contributed by atoms with E-state index >= 15 is 0 Å². The molecule has 1 atom stereocenters. The zero-order valence-corrected chi connectivity index (χ0v) is 9.22. The molecule has 0 saturated heterocycles. The van der Waals surface area contributed by atoms with Crippen molar-refractivity contribution in [2.45, 2.75) is 18.5 Å². The van der Waals surface area contributed by atoms with E-state index in [1.165, 1.54) is 12.1 Å². The van der Waals surface area contributed by atoms with Gasteiger partial charge in [-0.3, -0.25) is 0 Å². The van der Waals surface area contributed by atoms with E-state index in [-0.39, 0.29) is 12.1 Å². The Morgan fingerprint density at radius 2 is 1.94 bits per heavy atom. The van der Waals surface area contributed by atoms with Gasteiger partial charge in [0.05, 0.1) is 12.6 Å². The summed E-state index contributed by atoms with van der Waals surface area (Å²) >= 11 is 0. The van der Waals surface area contributed by atoms with Crippen molar-refractivity contribution in [3.63, 3.8) is 0 Å². The van der Waals surface area contributed by atoms with Crippen molar-refractivity contribution in [2.24, 2.45) is 0 Å². The first-order valence-corrected chi connectivity index (χ1v) is 5.13. The number of halogens is 5. The molecule has 1 unspecified atom stereocenters. The molecule has 0 aromatic heterocycles. The molecular weight excluding hydrogens is 257 g/mol. The van der Waals surface area contributed by atoms with Crippen molar-refractivity contribution in [1.82, 2.24) is 5.32 Å². The topological polar surface area (TPSA) is 32.3 Å². The van der Waals surface area contributed by atoms with Gasteiger partial charge >= 0.3 is 12.3 Å². The third-order valence-corrected chi connectivity index (χ3v) is 2.25. The lowest BCUT2D eigenvalue weighted by molar-refractivity contribution is -0.125. The van der Waals surface area contributed by atoms with Crippen LogP contribution < -0.4 is 5.32 Å². The molecule has 1 aromatic rings. The number of hydrogen-bond donors (Lipinski definition) is 2. The average Bonchev–Trinajstić information content (AvgIpc) is 2.28. The molecule has 7 heteroatoms. The van der Waals surface area contributed by atoms with Gasteiger partial charge in [0.15, 0.2) is 0 Å². The fourth-order valence-electron chi connectivity index (χ4n) is 1.28. The minimum atomic E-state index is -4.15. The Morgan fingerprint density at radius 1 is 1.28 bits per heavy atom. The molecule has 0 bridgehead atoms. The smallest absolute Gasteiger partial charge is 0.319 e. The third-order valence-electron chi connectivity index (χ3n) is 2.25. The number of alkyl halides is 4. The van der Waals surface area contributed by atoms with E-state index in [4.69, 9.17) is 0 Å². The largest absolute Gasteiger partial charge is 0.387 e. The van der Waals surface area contributed by atoms with Crippen molar-refractivity contribution >= 4 is 0 Å². The Bertz CT molecular complexity index is 385. The lowest BCUT2D eigenvalue weighted by Crippen LogP contribution is -2.40. The van der Waals surface area contributed by atoms with E-state index in [1.807, 2.05) is 5.32 Å². The minimum absolute atomic E-state index is 0.183. The van der Waals surface area contributed by atoms with E-state index in [0.29, 0.717) is 0 Å². The van der Waals surface area contributed by atoms with Crippen molar-refractivity contribution in [3.8, 4) is 0 Å². The average molecular weight is 269 g/mol. The van der Waals surface area contributed by atoms with E-state index in [0.717, 1.165) is 12.1 Å². The van der Waals surface area contributed by atoms with Crippen LogP contribution in [0.2, 0.25) is 0 Å². The highest BCUT2D eigenvalue weighted by atomic mass is 19.3. The maximum absolute atomic E-state index is 12.8. The molecule has 0 radical (unpaired) electrons. The fraction of sp³-hybridized carbons (Fsp3) is 0.455. The Hall–Kier alpha value is -1.21. The molecule has 0 aliphatic carbocycles. The van der Waals surface area contributed by atoms with E-state index in [2.05, 4.69) is 0 Å². The normalized spacial score (nSPS) is 13.9. The summed E-state index contributed by atoms with van der Waals surface area (Å²) in [6.07, 6.45) is -5.01. The number of hydrogen-bond acceptors (Lipinski definition) is 2. The Labute approximate surface area is 100 Å². The predicted octanol–water partition coefficient (Wildman–Crippen LogP) is 2.35. The van der Waals surface area contributed by atoms with Gasteiger partial charge in [0.25, 0.3) is 0 Å². The first-order valence-electron chi connectivity index (χ1n) is 5.13. The SMILES string of the molecule is OC(CNCC(F)(F)C(F)F)c1cccc(F)c1. The van der Waals surface area contributed by atoms with Gasteiger partial charge in [-0.15, -0.1) is 0 Å². The van der Waals surface area contributed by atoms with Crippen LogP contribution in [0.4, 0.5) is 22.0 Å². The summed E-state index contributed by atoms with van der Waals surface area (Å²) in [4.78, 5) is 0. The van der Waals surface area contributed by atoms with E-state index in [1.54, 1.807) is 0 Å². The van der Waals surface area contributed by atoms with Gasteiger partial charge in [-0.1, -0.05) is 12.1 Å². The van der Waals surface area contributed by atoms with Crippen molar-refractivity contribution in [1.29, 1.82) is 0 Å². The third kappa shape index (κ3) is 4.23. The first-order chi connectivity index (χ1) is 8.33. The lowest BCUT2D eigenvalue weighted by Gasteiger charge is -2.17. The summed E-state index contributed by atoms with van der Waals surface area (Å²) in [6.45, 7) is -1.62. The number of benzene rings is 1. The summed E-state index contributed by atoms with van der Waals surface area (Å²) < 4.78 is 61.4. The number of rotatable bonds is 6. The standard InChI is InChI=1S/C11H12F5NO/c12-8-3-1-2-7(4-8)9(18)5-17-6-11(15,16)10(13)14/h1-4,9-10,17-18H,5-6H2. The van der Waals surface area contributed by atoms with Gasteiger partial charge in [0.2, 0.25) is 0 Å². The van der Waals surface area contributed by atoms with Crippen LogP contribution in [0.15, 0.2) is 24.3 Å². The molecule has 1 rings (SSSR count). The maximum atomic E-state index is 12.8. The van der Waals surface area contributed by atoms with Gasteiger partial charge in [0.1, 0.15) is 5.82 Å². The molecule has 0 aliphatic rings. The lowest BCUT2D eigenvalue weighted by atomic mass is 10.1. The number of aliphatic hydroxyl groups is 1. The summed E-state index contributed by atoms with van der Waals surface area (Å²) in [6, 6.07) is 4.95. The highest BCUT2D eigenvalue weighted by Crippen LogP contribution is 2.21. The fourth-order valence-corrected chi connectivity index (χ4v) is 1.28. The van der Waals surface area contributed by atoms with Crippen molar-refractivity contribution in [2.75, 3.05) is 13.1 Å². The number of aliphatic hydroxyl groups excluding tert-OH is 1. The molecule has 18 heavy (non-hydrogen) atoms. The Morgan fingerprint density at radius 3 is 2.50 bits per heavy atom. The van der Waals surface area contributed by atoms with Crippen LogP contribution in [0.1, 0.15) is 11.7 Å². The second kappa shape index (κ2) is 6.10. The summed E-state index contributed by atoms with van der Waals surface area (Å²) in [7, 11) is 0. The van der Waals surface area contributed by atoms with Gasteiger partial charge in [0, 0.05) is 6.54 Å². The van der Waals surface area contributed by atoms with Crippen LogP contribution in [-0.4, -0.2) is 30.5 Å². The second-order valence-electron chi connectivity index (χ2n) is 3.76. The summed E-state index contributed by atoms with van der Waals surface area (Å²) in [5.41, 5.74) is 0.183. The van der Waals surface area contributed by atoms with Crippen LogP contribution in [-0.2, 0) is 0 Å². The van der Waals surface area contributed by atoms with Gasteiger partial charge in [-0.05, 0) is 17.7 Å². The van der Waals surface area contributed by atoms with E-state index in [9.17, 15) is 27.1 Å². The predicted molar refractivity (Wildman–Crippen MR) is 55.2 cm³/mol. The molecule has 0 heterocycles. The highest BCUT2D eigenvalue weighted by Gasteiger charge is 2.40. The number of nitrogens with one attached hydrogen (secondary N) is 1. The molecule has 0 saturated carbocycles. The van der Waals surface area contributed by atoms with Crippen molar-refractivity contribution < 1.29 is 27.1 Å². The maximum Gasteiger partial charge on any atom is 0.319 e. The molecule has 0 fully saturated rings. The zero-order chi connectivity index (χ0) is 13.8. The molecule has 0 amide bonds. The van der Waals surface area contributed by atoms with Crippen LogP contribution in [0.5, 0.6) is 0 Å². The summed E-state index contributed by atoms with van der Waals surface area (Å²) in [5.74, 6) is -4.73. The molecule has 0 spiro atoms. The Balaban J connectivity index is 2.45. The molecule has 2 N–H and O–H groups in total. The zero-order valence-electron chi connectivity index (χ0n) is 9.22. The molecule has 102 valence electrons. The van der Waals surface area contributed by atoms with E-state index < -0.39 is 30.8 Å². The van der Waals surface area contributed by atoms with Crippen LogP contribution >= 0.6 is 0 Å². The molecule has 0 aliphatic heterocycles. The van der Waals surface area contributed by atoms with Gasteiger partial charge < -0.3 is 10.4 Å². The molecule has 1 aromatic carbocycles.